The van der Waals surface area contributed by atoms with Gasteiger partial charge in [0.25, 0.3) is 11.7 Å². The van der Waals surface area contributed by atoms with Crippen LogP contribution in [-0.4, -0.2) is 48.4 Å². The summed E-state index contributed by atoms with van der Waals surface area (Å²) in [6, 6.07) is 9.43. The standard InChI is InChI=1S/C23H22Cl2N2O4/c1-3-8-27-20(13-4-6-15(24)16(25)11-13)19(22(29)23(27)30)21(28)14-5-7-18-17(12-14)26(2)9-10-31-18/h4-7,11-12,20,28H,3,8-10H2,1-2H3/b21-19-. The first-order valence-corrected chi connectivity index (χ1v) is 10.8. The topological polar surface area (TPSA) is 70.1 Å². The van der Waals surface area contributed by atoms with Crippen LogP contribution in [0.2, 0.25) is 10.0 Å². The molecule has 1 amide bonds. The fourth-order valence-corrected chi connectivity index (χ4v) is 4.34. The second-order valence-electron chi connectivity index (χ2n) is 7.62. The molecule has 2 aliphatic rings. The van der Waals surface area contributed by atoms with E-state index in [9.17, 15) is 14.7 Å². The number of nitrogens with zero attached hydrogens (tertiary/aromatic N) is 2. The van der Waals surface area contributed by atoms with Gasteiger partial charge in [0.2, 0.25) is 0 Å². The van der Waals surface area contributed by atoms with Crippen molar-refractivity contribution in [2.45, 2.75) is 19.4 Å². The molecule has 2 aromatic carbocycles. The number of hydrogen-bond acceptors (Lipinski definition) is 5. The molecule has 0 aromatic heterocycles. The van der Waals surface area contributed by atoms with Gasteiger partial charge >= 0.3 is 0 Å². The van der Waals surface area contributed by atoms with Crippen LogP contribution in [0.1, 0.15) is 30.5 Å². The monoisotopic (exact) mass is 460 g/mol. The number of aliphatic hydroxyl groups excluding tert-OH is 1. The molecule has 2 heterocycles. The summed E-state index contributed by atoms with van der Waals surface area (Å²) in [5.41, 5.74) is 1.90. The van der Waals surface area contributed by atoms with Gasteiger partial charge in [0, 0.05) is 19.2 Å². The Labute approximate surface area is 190 Å². The molecule has 1 fully saturated rings. The van der Waals surface area contributed by atoms with Gasteiger partial charge < -0.3 is 19.6 Å². The van der Waals surface area contributed by atoms with Gasteiger partial charge in [-0.05, 0) is 42.3 Å². The van der Waals surface area contributed by atoms with Gasteiger partial charge in [0.1, 0.15) is 18.1 Å². The molecule has 2 aromatic rings. The second-order valence-corrected chi connectivity index (χ2v) is 8.43. The zero-order valence-corrected chi connectivity index (χ0v) is 18.7. The maximum atomic E-state index is 13.0. The number of amides is 1. The van der Waals surface area contributed by atoms with Crippen molar-refractivity contribution in [1.82, 2.24) is 4.90 Å². The molecule has 1 atom stereocenters. The van der Waals surface area contributed by atoms with E-state index in [0.29, 0.717) is 53.0 Å². The van der Waals surface area contributed by atoms with Gasteiger partial charge in [0.15, 0.2) is 0 Å². The van der Waals surface area contributed by atoms with Crippen LogP contribution in [0.5, 0.6) is 5.75 Å². The minimum Gasteiger partial charge on any atom is -0.507 e. The first kappa shape index (κ1) is 21.5. The third kappa shape index (κ3) is 3.75. The minimum atomic E-state index is -0.750. The molecule has 1 saturated heterocycles. The van der Waals surface area contributed by atoms with Crippen molar-refractivity contribution in [1.29, 1.82) is 0 Å². The van der Waals surface area contributed by atoms with E-state index in [1.807, 2.05) is 18.9 Å². The Bertz CT molecular complexity index is 1100. The number of rotatable bonds is 4. The summed E-state index contributed by atoms with van der Waals surface area (Å²) in [4.78, 5) is 29.3. The molecular weight excluding hydrogens is 439 g/mol. The number of Topliss-reactive ketones (excluding diaryl/α,β-unsaturated/α-hetero) is 1. The lowest BCUT2D eigenvalue weighted by atomic mass is 9.95. The van der Waals surface area contributed by atoms with Crippen molar-refractivity contribution >= 4 is 46.3 Å². The zero-order valence-electron chi connectivity index (χ0n) is 17.2. The third-order valence-corrected chi connectivity index (χ3v) is 6.33. The van der Waals surface area contributed by atoms with Crippen LogP contribution in [0.25, 0.3) is 5.76 Å². The summed E-state index contributed by atoms with van der Waals surface area (Å²) >= 11 is 12.3. The third-order valence-electron chi connectivity index (χ3n) is 5.59. The van der Waals surface area contributed by atoms with Crippen LogP contribution in [-0.2, 0) is 9.59 Å². The molecule has 0 aliphatic carbocycles. The SMILES string of the molecule is CCCN1C(=O)C(=O)/C(=C(\O)c2ccc3c(c2)N(C)CCO3)C1c1ccc(Cl)c(Cl)c1. The summed E-state index contributed by atoms with van der Waals surface area (Å²) in [7, 11) is 1.93. The quantitative estimate of drug-likeness (QED) is 0.408. The Morgan fingerprint density at radius 3 is 2.65 bits per heavy atom. The smallest absolute Gasteiger partial charge is 0.295 e. The highest BCUT2D eigenvalue weighted by Crippen LogP contribution is 2.42. The molecule has 0 bridgehead atoms. The van der Waals surface area contributed by atoms with Crippen molar-refractivity contribution in [3.05, 3.63) is 63.1 Å². The van der Waals surface area contributed by atoms with Crippen LogP contribution >= 0.6 is 23.2 Å². The van der Waals surface area contributed by atoms with Crippen LogP contribution in [0.3, 0.4) is 0 Å². The average Bonchev–Trinajstić information content (AvgIpc) is 3.00. The van der Waals surface area contributed by atoms with Gasteiger partial charge in [-0.2, -0.15) is 0 Å². The van der Waals surface area contributed by atoms with Crippen molar-refractivity contribution in [2.75, 3.05) is 31.6 Å². The molecule has 0 radical (unpaired) electrons. The van der Waals surface area contributed by atoms with Crippen molar-refractivity contribution < 1.29 is 19.4 Å². The van der Waals surface area contributed by atoms with E-state index >= 15 is 0 Å². The second kappa shape index (κ2) is 8.44. The summed E-state index contributed by atoms with van der Waals surface area (Å²) in [6.07, 6.45) is 0.659. The number of likely N-dealkylation sites (tertiary alicyclic amines) is 1. The Kier molecular flexibility index (Phi) is 5.86. The summed E-state index contributed by atoms with van der Waals surface area (Å²) in [5.74, 6) is -0.880. The number of carbonyl (C=O) groups is 2. The number of hydrogen-bond donors (Lipinski definition) is 1. The molecule has 162 valence electrons. The van der Waals surface area contributed by atoms with Gasteiger partial charge in [-0.25, -0.2) is 0 Å². The number of likely N-dealkylation sites (N-methyl/N-ethyl adjacent to an activating group) is 1. The number of ether oxygens (including phenoxy) is 1. The van der Waals surface area contributed by atoms with E-state index in [4.69, 9.17) is 27.9 Å². The van der Waals surface area contributed by atoms with Gasteiger partial charge in [-0.15, -0.1) is 0 Å². The molecule has 1 unspecified atom stereocenters. The van der Waals surface area contributed by atoms with Crippen molar-refractivity contribution in [2.24, 2.45) is 0 Å². The number of benzene rings is 2. The molecular formula is C23H22Cl2N2O4. The number of fused-ring (bicyclic) bond motifs is 1. The lowest BCUT2D eigenvalue weighted by Crippen LogP contribution is -2.30. The lowest BCUT2D eigenvalue weighted by molar-refractivity contribution is -0.139. The van der Waals surface area contributed by atoms with E-state index in [1.54, 1.807) is 36.4 Å². The van der Waals surface area contributed by atoms with Crippen molar-refractivity contribution in [3.8, 4) is 5.75 Å². The summed E-state index contributed by atoms with van der Waals surface area (Å²) in [5, 5.41) is 11.9. The Hall–Kier alpha value is -2.70. The molecule has 1 N–H and O–H groups in total. The number of ketones is 1. The Morgan fingerprint density at radius 2 is 1.94 bits per heavy atom. The predicted octanol–water partition coefficient (Wildman–Crippen LogP) is 4.65. The molecule has 0 saturated carbocycles. The molecule has 6 nitrogen and oxygen atoms in total. The lowest BCUT2D eigenvalue weighted by Gasteiger charge is -2.28. The van der Waals surface area contributed by atoms with Crippen LogP contribution in [0, 0.1) is 0 Å². The molecule has 31 heavy (non-hydrogen) atoms. The van der Waals surface area contributed by atoms with E-state index < -0.39 is 17.7 Å². The molecule has 8 heteroatoms. The fraction of sp³-hybridized carbons (Fsp3) is 0.304. The fourth-order valence-electron chi connectivity index (χ4n) is 4.03. The first-order chi connectivity index (χ1) is 14.8. The zero-order chi connectivity index (χ0) is 22.3. The minimum absolute atomic E-state index is 0.0381. The predicted molar refractivity (Wildman–Crippen MR) is 121 cm³/mol. The van der Waals surface area contributed by atoms with Gasteiger partial charge in [0.05, 0.1) is 33.9 Å². The number of halogens is 2. The van der Waals surface area contributed by atoms with E-state index in [-0.39, 0.29) is 11.3 Å². The Balaban J connectivity index is 1.87. The highest BCUT2D eigenvalue weighted by atomic mass is 35.5. The maximum Gasteiger partial charge on any atom is 0.295 e. The van der Waals surface area contributed by atoms with Crippen LogP contribution in [0.15, 0.2) is 42.0 Å². The van der Waals surface area contributed by atoms with Crippen LogP contribution in [0.4, 0.5) is 5.69 Å². The van der Waals surface area contributed by atoms with Crippen LogP contribution < -0.4 is 9.64 Å². The van der Waals surface area contributed by atoms with E-state index in [0.717, 1.165) is 5.69 Å². The highest BCUT2D eigenvalue weighted by molar-refractivity contribution is 6.46. The van der Waals surface area contributed by atoms with E-state index in [2.05, 4.69) is 0 Å². The summed E-state index contributed by atoms with van der Waals surface area (Å²) < 4.78 is 5.66. The summed E-state index contributed by atoms with van der Waals surface area (Å²) in [6.45, 7) is 3.58. The first-order valence-electron chi connectivity index (χ1n) is 10.0. The normalized spacial score (nSPS) is 20.1. The largest absolute Gasteiger partial charge is 0.507 e. The number of carbonyl (C=O) groups excluding carboxylic acids is 2. The average molecular weight is 461 g/mol. The molecule has 0 spiro atoms. The number of aliphatic hydroxyl groups is 1. The molecule has 2 aliphatic heterocycles. The maximum absolute atomic E-state index is 13.0. The number of anilines is 1. The van der Waals surface area contributed by atoms with Crippen molar-refractivity contribution in [3.63, 3.8) is 0 Å². The highest BCUT2D eigenvalue weighted by Gasteiger charge is 2.45. The molecule has 4 rings (SSSR count). The Morgan fingerprint density at radius 1 is 1.16 bits per heavy atom. The van der Waals surface area contributed by atoms with Gasteiger partial charge in [-0.1, -0.05) is 36.2 Å². The van der Waals surface area contributed by atoms with E-state index in [1.165, 1.54) is 4.90 Å². The van der Waals surface area contributed by atoms with Gasteiger partial charge in [-0.3, -0.25) is 9.59 Å².